The molecule has 0 aliphatic carbocycles. The first-order chi connectivity index (χ1) is 8.99. The lowest BCUT2D eigenvalue weighted by atomic mass is 10.1. The van der Waals surface area contributed by atoms with Crippen LogP contribution >= 0.6 is 28.1 Å². The molecular formula is C12H13BrFN3OS. The summed E-state index contributed by atoms with van der Waals surface area (Å²) in [5, 5.41) is 5.81. The fraction of sp³-hybridized carbons (Fsp3) is 0.333. The zero-order valence-electron chi connectivity index (χ0n) is 10.0. The van der Waals surface area contributed by atoms with Gasteiger partial charge in [-0.1, -0.05) is 12.2 Å². The molecule has 1 atom stereocenters. The van der Waals surface area contributed by atoms with Crippen LogP contribution in [0.5, 0.6) is 0 Å². The van der Waals surface area contributed by atoms with E-state index in [2.05, 4.69) is 26.6 Å². The Morgan fingerprint density at radius 1 is 1.58 bits per heavy atom. The van der Waals surface area contributed by atoms with E-state index in [1.807, 2.05) is 0 Å². The van der Waals surface area contributed by atoms with Crippen LogP contribution in [0.1, 0.15) is 18.4 Å². The van der Waals surface area contributed by atoms with Gasteiger partial charge in [-0.05, 0) is 34.5 Å². The lowest BCUT2D eigenvalue weighted by Gasteiger charge is -2.25. The highest BCUT2D eigenvalue weighted by atomic mass is 79.9. The maximum Gasteiger partial charge on any atom is 0.220 e. The second-order valence-electron chi connectivity index (χ2n) is 4.34. The van der Waals surface area contributed by atoms with E-state index in [1.54, 1.807) is 12.1 Å². The van der Waals surface area contributed by atoms with Crippen molar-refractivity contribution < 1.29 is 9.18 Å². The molecule has 0 spiro atoms. The van der Waals surface area contributed by atoms with Crippen LogP contribution in [0, 0.1) is 5.82 Å². The molecule has 1 amide bonds. The van der Waals surface area contributed by atoms with Crippen molar-refractivity contribution in [1.29, 1.82) is 0 Å². The molecule has 1 aromatic carbocycles. The van der Waals surface area contributed by atoms with Gasteiger partial charge in [-0.2, -0.15) is 0 Å². The summed E-state index contributed by atoms with van der Waals surface area (Å²) in [5.41, 5.74) is 6.34. The highest BCUT2D eigenvalue weighted by Crippen LogP contribution is 2.28. The van der Waals surface area contributed by atoms with E-state index in [1.165, 1.54) is 0 Å². The van der Waals surface area contributed by atoms with Crippen LogP contribution in [0.4, 0.5) is 10.1 Å². The molecule has 7 heteroatoms. The maximum atomic E-state index is 14.1. The van der Waals surface area contributed by atoms with E-state index in [9.17, 15) is 9.18 Å². The van der Waals surface area contributed by atoms with Crippen molar-refractivity contribution in [2.45, 2.75) is 18.9 Å². The van der Waals surface area contributed by atoms with E-state index in [0.29, 0.717) is 30.6 Å². The number of hydrogen-bond donors (Lipinski definition) is 3. The van der Waals surface area contributed by atoms with Gasteiger partial charge in [0.15, 0.2) is 5.82 Å². The SMILES string of the molecule is NC(=S)c1ccc(NC2CCC(=O)NC2)c(F)c1Br. The van der Waals surface area contributed by atoms with Crippen molar-refractivity contribution in [3.05, 3.63) is 28.0 Å². The quantitative estimate of drug-likeness (QED) is 0.732. The summed E-state index contributed by atoms with van der Waals surface area (Å²) in [6, 6.07) is 3.29. The molecule has 0 aromatic heterocycles. The van der Waals surface area contributed by atoms with Crippen LogP contribution in [0.25, 0.3) is 0 Å². The number of halogens is 2. The molecule has 1 aliphatic heterocycles. The highest BCUT2D eigenvalue weighted by molar-refractivity contribution is 9.10. The van der Waals surface area contributed by atoms with Gasteiger partial charge in [0, 0.05) is 24.6 Å². The molecule has 4 nitrogen and oxygen atoms in total. The Morgan fingerprint density at radius 2 is 2.32 bits per heavy atom. The van der Waals surface area contributed by atoms with Crippen molar-refractivity contribution >= 4 is 44.7 Å². The van der Waals surface area contributed by atoms with Crippen LogP contribution in [0.3, 0.4) is 0 Å². The number of carbonyl (C=O) groups excluding carboxylic acids is 1. The Morgan fingerprint density at radius 3 is 2.89 bits per heavy atom. The molecule has 1 saturated heterocycles. The third-order valence-electron chi connectivity index (χ3n) is 2.97. The highest BCUT2D eigenvalue weighted by Gasteiger charge is 2.20. The van der Waals surface area contributed by atoms with Crippen molar-refractivity contribution in [3.8, 4) is 0 Å². The number of rotatable bonds is 3. The third-order valence-corrected chi connectivity index (χ3v) is 3.97. The van der Waals surface area contributed by atoms with Gasteiger partial charge in [0.05, 0.1) is 10.2 Å². The van der Waals surface area contributed by atoms with Crippen molar-refractivity contribution in [1.82, 2.24) is 5.32 Å². The van der Waals surface area contributed by atoms with Gasteiger partial charge in [0.1, 0.15) is 4.99 Å². The first-order valence-electron chi connectivity index (χ1n) is 5.80. The number of thiocarbonyl (C=S) groups is 1. The van der Waals surface area contributed by atoms with E-state index < -0.39 is 5.82 Å². The molecule has 19 heavy (non-hydrogen) atoms. The van der Waals surface area contributed by atoms with Crippen molar-refractivity contribution in [3.63, 3.8) is 0 Å². The summed E-state index contributed by atoms with van der Waals surface area (Å²) in [4.78, 5) is 11.2. The van der Waals surface area contributed by atoms with Gasteiger partial charge in [-0.3, -0.25) is 4.79 Å². The Bertz CT molecular complexity index is 528. The van der Waals surface area contributed by atoms with Crippen LogP contribution < -0.4 is 16.4 Å². The van der Waals surface area contributed by atoms with Crippen LogP contribution in [0.15, 0.2) is 16.6 Å². The molecule has 1 unspecified atom stereocenters. The van der Waals surface area contributed by atoms with Crippen LogP contribution in [-0.4, -0.2) is 23.5 Å². The lowest BCUT2D eigenvalue weighted by Crippen LogP contribution is -2.42. The average molecular weight is 346 g/mol. The number of benzene rings is 1. The summed E-state index contributed by atoms with van der Waals surface area (Å²) >= 11 is 7.99. The number of nitrogens with two attached hydrogens (primary N) is 1. The second kappa shape index (κ2) is 5.83. The standard InChI is InChI=1S/C12H13BrFN3OS/c13-10-7(12(15)19)2-3-8(11(10)14)17-6-1-4-9(18)16-5-6/h2-3,6,17H,1,4-5H2,(H2,15,19)(H,16,18). The summed E-state index contributed by atoms with van der Waals surface area (Å²) in [6.45, 7) is 0.493. The molecule has 0 saturated carbocycles. The predicted octanol–water partition coefficient (Wildman–Crippen LogP) is 1.91. The largest absolute Gasteiger partial charge is 0.389 e. The van der Waals surface area contributed by atoms with Crippen molar-refractivity contribution in [2.24, 2.45) is 5.73 Å². The van der Waals surface area contributed by atoms with Gasteiger partial charge in [-0.15, -0.1) is 0 Å². The normalized spacial score (nSPS) is 18.8. The molecule has 1 heterocycles. The molecule has 1 aliphatic rings. The summed E-state index contributed by atoms with van der Waals surface area (Å²) in [7, 11) is 0. The molecule has 4 N–H and O–H groups in total. The smallest absolute Gasteiger partial charge is 0.220 e. The summed E-state index contributed by atoms with van der Waals surface area (Å²) in [5.74, 6) is -0.397. The number of anilines is 1. The minimum absolute atomic E-state index is 0.0229. The molecule has 0 bridgehead atoms. The zero-order chi connectivity index (χ0) is 14.0. The number of nitrogens with one attached hydrogen (secondary N) is 2. The summed E-state index contributed by atoms with van der Waals surface area (Å²) in [6.07, 6.45) is 1.13. The molecule has 102 valence electrons. The van der Waals surface area contributed by atoms with Gasteiger partial charge in [-0.25, -0.2) is 4.39 Å². The van der Waals surface area contributed by atoms with Crippen molar-refractivity contribution in [2.75, 3.05) is 11.9 Å². The van der Waals surface area contributed by atoms with E-state index in [-0.39, 0.29) is 21.4 Å². The first kappa shape index (κ1) is 14.2. The number of hydrogen-bond acceptors (Lipinski definition) is 3. The fourth-order valence-electron chi connectivity index (χ4n) is 1.93. The fourth-order valence-corrected chi connectivity index (χ4v) is 2.79. The Labute approximate surface area is 124 Å². The third kappa shape index (κ3) is 3.22. The summed E-state index contributed by atoms with van der Waals surface area (Å²) < 4.78 is 14.4. The zero-order valence-corrected chi connectivity index (χ0v) is 12.4. The minimum atomic E-state index is -0.429. The van der Waals surface area contributed by atoms with Crippen LogP contribution in [-0.2, 0) is 4.79 Å². The molecular weight excluding hydrogens is 333 g/mol. The monoisotopic (exact) mass is 345 g/mol. The van der Waals surface area contributed by atoms with Gasteiger partial charge >= 0.3 is 0 Å². The van der Waals surface area contributed by atoms with Crippen LogP contribution in [0.2, 0.25) is 0 Å². The van der Waals surface area contributed by atoms with Gasteiger partial charge in [0.2, 0.25) is 5.91 Å². The molecule has 1 aromatic rings. The van der Waals surface area contributed by atoms with E-state index in [4.69, 9.17) is 18.0 Å². The second-order valence-corrected chi connectivity index (χ2v) is 5.57. The average Bonchev–Trinajstić information content (AvgIpc) is 2.37. The Hall–Kier alpha value is -1.21. The molecule has 2 rings (SSSR count). The lowest BCUT2D eigenvalue weighted by molar-refractivity contribution is -0.122. The topological polar surface area (TPSA) is 67.1 Å². The minimum Gasteiger partial charge on any atom is -0.389 e. The van der Waals surface area contributed by atoms with Gasteiger partial charge < -0.3 is 16.4 Å². The van der Waals surface area contributed by atoms with E-state index in [0.717, 1.165) is 0 Å². The van der Waals surface area contributed by atoms with E-state index >= 15 is 0 Å². The molecule has 1 fully saturated rings. The Kier molecular flexibility index (Phi) is 4.36. The number of carbonyl (C=O) groups is 1. The molecule has 0 radical (unpaired) electrons. The first-order valence-corrected chi connectivity index (χ1v) is 7.00. The van der Waals surface area contributed by atoms with Gasteiger partial charge in [0.25, 0.3) is 0 Å². The number of amides is 1. The number of piperidine rings is 1. The maximum absolute atomic E-state index is 14.1. The predicted molar refractivity (Wildman–Crippen MR) is 79.6 cm³/mol. The Balaban J connectivity index is 2.15.